The molecule has 4 aliphatic carbocycles. The molecule has 2 unspecified atom stereocenters. The molecule has 3 N–H and O–H groups in total. The molecule has 0 aliphatic heterocycles. The van der Waals surface area contributed by atoms with E-state index in [-0.39, 0.29) is 10.8 Å². The minimum absolute atomic E-state index is 0.0932. The number of hydrogen-bond acceptors (Lipinski definition) is 5. The number of Topliss-reactive ketones (excluding diaryl/α,β-unsaturated/α-hetero) is 1. The summed E-state index contributed by atoms with van der Waals surface area (Å²) in [5, 5.41) is 16.1. The Kier molecular flexibility index (Phi) is 4.70. The Morgan fingerprint density at radius 1 is 1.22 bits per heavy atom. The van der Waals surface area contributed by atoms with Crippen LogP contribution in [0.4, 0.5) is 0 Å². The first-order valence-electron chi connectivity index (χ1n) is 10.9. The highest BCUT2D eigenvalue weighted by atomic mass is 16.6. The maximum atomic E-state index is 12.6. The Bertz CT molecular complexity index is 649. The van der Waals surface area contributed by atoms with Crippen molar-refractivity contribution < 1.29 is 14.7 Å². The van der Waals surface area contributed by atoms with Crippen molar-refractivity contribution >= 4 is 11.5 Å². The third kappa shape index (κ3) is 2.71. The molecule has 4 rings (SSSR count). The maximum Gasteiger partial charge on any atom is 0.139 e. The topological polar surface area (TPSA) is 84.9 Å². The summed E-state index contributed by atoms with van der Waals surface area (Å²) in [5.74, 6) is 2.49. The second-order valence-electron chi connectivity index (χ2n) is 10.3. The summed E-state index contributed by atoms with van der Waals surface area (Å²) < 4.78 is 0. The molecule has 0 saturated heterocycles. The van der Waals surface area contributed by atoms with Crippen molar-refractivity contribution in [1.82, 2.24) is 0 Å². The second-order valence-corrected chi connectivity index (χ2v) is 10.3. The molecule has 5 heteroatoms. The van der Waals surface area contributed by atoms with Crippen molar-refractivity contribution in [3.8, 4) is 0 Å². The predicted octanol–water partition coefficient (Wildman–Crippen LogP) is 3.29. The minimum Gasteiger partial charge on any atom is -0.395 e. The van der Waals surface area contributed by atoms with Crippen LogP contribution in [0.5, 0.6) is 0 Å². The number of oxime groups is 1. The zero-order valence-electron chi connectivity index (χ0n) is 17.2. The quantitative estimate of drug-likeness (QED) is 0.585. The van der Waals surface area contributed by atoms with E-state index in [0.29, 0.717) is 49.0 Å². The van der Waals surface area contributed by atoms with Crippen molar-refractivity contribution in [2.45, 2.75) is 77.7 Å². The standard InChI is InChI=1S/C22H36N2O3/c1-14-12-22(26)13-15(24-27-11-10-23)6-9-21(22,3)17-7-8-20(2)16(19(14)17)4-5-18(20)25/h14,16-17,19,26H,4-13,23H2,1-3H3/t14?,16-,17+,19-,20-,21+,22?/m0/s1. The molecule has 0 radical (unpaired) electrons. The van der Waals surface area contributed by atoms with E-state index < -0.39 is 5.60 Å². The van der Waals surface area contributed by atoms with Gasteiger partial charge in [-0.25, -0.2) is 0 Å². The fraction of sp³-hybridized carbons (Fsp3) is 0.909. The first-order chi connectivity index (χ1) is 12.7. The van der Waals surface area contributed by atoms with Crippen LogP contribution < -0.4 is 5.73 Å². The van der Waals surface area contributed by atoms with Gasteiger partial charge in [-0.05, 0) is 62.2 Å². The van der Waals surface area contributed by atoms with E-state index in [2.05, 4.69) is 25.9 Å². The van der Waals surface area contributed by atoms with E-state index in [4.69, 9.17) is 10.6 Å². The highest BCUT2D eigenvalue weighted by Gasteiger charge is 2.66. The summed E-state index contributed by atoms with van der Waals surface area (Å²) in [6.07, 6.45) is 7.15. The molecule has 4 aliphatic rings. The number of nitrogens with zero attached hydrogens (tertiary/aromatic N) is 1. The van der Waals surface area contributed by atoms with Crippen LogP contribution in [0, 0.1) is 34.5 Å². The molecule has 27 heavy (non-hydrogen) atoms. The van der Waals surface area contributed by atoms with E-state index in [9.17, 15) is 9.90 Å². The lowest BCUT2D eigenvalue weighted by Crippen LogP contribution is -2.64. The number of ketones is 1. The molecule has 4 saturated carbocycles. The van der Waals surface area contributed by atoms with Crippen LogP contribution in [0.1, 0.15) is 72.1 Å². The Labute approximate surface area is 163 Å². The maximum absolute atomic E-state index is 12.6. The first-order valence-corrected chi connectivity index (χ1v) is 10.9. The molecule has 152 valence electrons. The van der Waals surface area contributed by atoms with Crippen LogP contribution >= 0.6 is 0 Å². The molecule has 4 fully saturated rings. The van der Waals surface area contributed by atoms with Gasteiger partial charge >= 0.3 is 0 Å². The Hall–Kier alpha value is -0.940. The Balaban J connectivity index is 1.62. The van der Waals surface area contributed by atoms with Crippen LogP contribution in [0.2, 0.25) is 0 Å². The zero-order valence-corrected chi connectivity index (χ0v) is 17.2. The number of rotatable bonds is 3. The van der Waals surface area contributed by atoms with Crippen molar-refractivity contribution in [3.63, 3.8) is 0 Å². The highest BCUT2D eigenvalue weighted by Crippen LogP contribution is 2.67. The third-order valence-corrected chi connectivity index (χ3v) is 9.07. The largest absolute Gasteiger partial charge is 0.395 e. The van der Waals surface area contributed by atoms with Gasteiger partial charge in [0.25, 0.3) is 0 Å². The van der Waals surface area contributed by atoms with Crippen LogP contribution in [0.3, 0.4) is 0 Å². The number of aliphatic hydroxyl groups is 1. The average molecular weight is 377 g/mol. The SMILES string of the molecule is CC1CC2(O)CC(=NOCCN)CC[C@]2(C)[C@@H]2CC[C@]3(C)C(=O)CC[C@H]3[C@H]12. The molecule has 5 nitrogen and oxygen atoms in total. The van der Waals surface area contributed by atoms with Crippen molar-refractivity contribution in [1.29, 1.82) is 0 Å². The van der Waals surface area contributed by atoms with Gasteiger partial charge in [0.15, 0.2) is 0 Å². The molecule has 0 aromatic rings. The van der Waals surface area contributed by atoms with Gasteiger partial charge in [0, 0.05) is 30.2 Å². The molecule has 0 amide bonds. The van der Waals surface area contributed by atoms with Gasteiger partial charge in [-0.2, -0.15) is 0 Å². The third-order valence-electron chi connectivity index (χ3n) is 9.07. The molecular formula is C22H36N2O3. The lowest BCUT2D eigenvalue weighted by atomic mass is 9.41. The van der Waals surface area contributed by atoms with E-state index >= 15 is 0 Å². The van der Waals surface area contributed by atoms with Gasteiger partial charge in [-0.15, -0.1) is 0 Å². The summed E-state index contributed by atoms with van der Waals surface area (Å²) in [7, 11) is 0. The molecule has 0 aromatic heterocycles. The van der Waals surface area contributed by atoms with E-state index in [1.165, 1.54) is 0 Å². The monoisotopic (exact) mass is 376 g/mol. The molecule has 0 bridgehead atoms. The van der Waals surface area contributed by atoms with E-state index in [0.717, 1.165) is 50.7 Å². The molecule has 0 aromatic carbocycles. The number of fused-ring (bicyclic) bond motifs is 5. The molecular weight excluding hydrogens is 340 g/mol. The van der Waals surface area contributed by atoms with Crippen LogP contribution in [-0.2, 0) is 9.63 Å². The van der Waals surface area contributed by atoms with E-state index in [1.807, 2.05) is 0 Å². The fourth-order valence-corrected chi connectivity index (χ4v) is 7.54. The van der Waals surface area contributed by atoms with Crippen LogP contribution in [0.15, 0.2) is 5.16 Å². The number of carbonyl (C=O) groups is 1. The van der Waals surface area contributed by atoms with Gasteiger partial charge in [0.05, 0.1) is 11.3 Å². The highest BCUT2D eigenvalue weighted by molar-refractivity contribution is 5.87. The molecule has 0 heterocycles. The lowest BCUT2D eigenvalue weighted by Gasteiger charge is -2.64. The number of hydrogen-bond donors (Lipinski definition) is 2. The van der Waals surface area contributed by atoms with Crippen molar-refractivity contribution in [3.05, 3.63) is 0 Å². The van der Waals surface area contributed by atoms with Gasteiger partial charge < -0.3 is 15.7 Å². The lowest BCUT2D eigenvalue weighted by molar-refractivity contribution is -0.206. The first kappa shape index (κ1) is 19.4. The number of carbonyl (C=O) groups excluding carboxylic acids is 1. The summed E-state index contributed by atoms with van der Waals surface area (Å²) in [6.45, 7) is 7.72. The van der Waals surface area contributed by atoms with E-state index in [1.54, 1.807) is 0 Å². The summed E-state index contributed by atoms with van der Waals surface area (Å²) in [4.78, 5) is 17.9. The Morgan fingerprint density at radius 2 is 2.00 bits per heavy atom. The summed E-state index contributed by atoms with van der Waals surface area (Å²) in [5.41, 5.74) is 5.54. The van der Waals surface area contributed by atoms with Gasteiger partial charge in [0.1, 0.15) is 12.4 Å². The molecule has 7 atom stereocenters. The zero-order chi connectivity index (χ0) is 19.4. The fourth-order valence-electron chi connectivity index (χ4n) is 7.54. The Morgan fingerprint density at radius 3 is 2.74 bits per heavy atom. The van der Waals surface area contributed by atoms with Crippen LogP contribution in [-0.4, -0.2) is 35.4 Å². The van der Waals surface area contributed by atoms with Crippen molar-refractivity contribution in [2.75, 3.05) is 13.2 Å². The van der Waals surface area contributed by atoms with Crippen LogP contribution in [0.25, 0.3) is 0 Å². The van der Waals surface area contributed by atoms with Gasteiger partial charge in [-0.3, -0.25) is 4.79 Å². The summed E-state index contributed by atoms with van der Waals surface area (Å²) in [6, 6.07) is 0. The normalized spacial score (nSPS) is 50.9. The van der Waals surface area contributed by atoms with Gasteiger partial charge in [-0.1, -0.05) is 25.9 Å². The van der Waals surface area contributed by atoms with Gasteiger partial charge in [0.2, 0.25) is 0 Å². The average Bonchev–Trinajstić information content (AvgIpc) is 2.92. The van der Waals surface area contributed by atoms with Crippen molar-refractivity contribution in [2.24, 2.45) is 45.4 Å². The summed E-state index contributed by atoms with van der Waals surface area (Å²) >= 11 is 0. The number of nitrogens with two attached hydrogens (primary N) is 1. The molecule has 0 spiro atoms. The predicted molar refractivity (Wildman–Crippen MR) is 105 cm³/mol. The minimum atomic E-state index is -0.715. The second kappa shape index (κ2) is 6.55. The smallest absolute Gasteiger partial charge is 0.139 e.